The molecule has 1 N–H and O–H groups in total. The van der Waals surface area contributed by atoms with Crippen LogP contribution < -0.4 is 5.32 Å². The van der Waals surface area contributed by atoms with Gasteiger partial charge in [0.1, 0.15) is 0 Å². The Bertz CT molecular complexity index is 260. The maximum Gasteiger partial charge on any atom is 0.0274 e. The van der Waals surface area contributed by atoms with Gasteiger partial charge in [0.05, 0.1) is 0 Å². The van der Waals surface area contributed by atoms with E-state index in [0.717, 1.165) is 23.9 Å². The smallest absolute Gasteiger partial charge is 0.0274 e. The van der Waals surface area contributed by atoms with E-state index in [1.807, 2.05) is 0 Å². The van der Waals surface area contributed by atoms with Crippen LogP contribution >= 0.6 is 0 Å². The van der Waals surface area contributed by atoms with E-state index in [2.05, 4.69) is 38.0 Å². The van der Waals surface area contributed by atoms with Crippen LogP contribution in [0.5, 0.6) is 0 Å². The average Bonchev–Trinajstić information content (AvgIpc) is 2.88. The second-order valence-corrected chi connectivity index (χ2v) is 7.21. The highest BCUT2D eigenvalue weighted by molar-refractivity contribution is 4.95. The van der Waals surface area contributed by atoms with Crippen LogP contribution in [0.1, 0.15) is 65.7 Å². The van der Waals surface area contributed by atoms with Gasteiger partial charge in [0.15, 0.2) is 0 Å². The molecule has 0 amide bonds. The minimum absolute atomic E-state index is 0.712. The molecule has 0 aliphatic heterocycles. The zero-order valence-electron chi connectivity index (χ0n) is 13.5. The van der Waals surface area contributed by atoms with Gasteiger partial charge in [-0.1, -0.05) is 33.6 Å². The van der Waals surface area contributed by atoms with Crippen molar-refractivity contribution in [2.24, 2.45) is 11.8 Å². The summed E-state index contributed by atoms with van der Waals surface area (Å²) in [6, 6.07) is 2.32. The molecule has 2 fully saturated rings. The summed E-state index contributed by atoms with van der Waals surface area (Å²) in [7, 11) is 2.40. The molecule has 0 aromatic heterocycles. The van der Waals surface area contributed by atoms with Crippen LogP contribution in [0.25, 0.3) is 0 Å². The van der Waals surface area contributed by atoms with Gasteiger partial charge in [-0.15, -0.1) is 0 Å². The molecule has 2 aliphatic carbocycles. The van der Waals surface area contributed by atoms with Gasteiger partial charge >= 0.3 is 0 Å². The Kier molecular flexibility index (Phi) is 5.70. The summed E-state index contributed by atoms with van der Waals surface area (Å²) in [6.45, 7) is 8.37. The number of hydrogen-bond donors (Lipinski definition) is 1. The molecule has 2 heteroatoms. The SMILES string of the molecule is CCCNC1CC(C)CC(C)C1N(C)C1CCCC1. The minimum Gasteiger partial charge on any atom is -0.312 e. The van der Waals surface area contributed by atoms with Crippen molar-refractivity contribution < 1.29 is 0 Å². The fraction of sp³-hybridized carbons (Fsp3) is 1.00. The van der Waals surface area contributed by atoms with Crippen molar-refractivity contribution in [1.29, 1.82) is 0 Å². The second-order valence-electron chi connectivity index (χ2n) is 7.21. The standard InChI is InChI=1S/C17H34N2/c1-5-10-18-16-12-13(2)11-14(3)17(16)19(4)15-8-6-7-9-15/h13-18H,5-12H2,1-4H3. The molecule has 112 valence electrons. The van der Waals surface area contributed by atoms with Crippen molar-refractivity contribution in [3.63, 3.8) is 0 Å². The van der Waals surface area contributed by atoms with E-state index in [0.29, 0.717) is 6.04 Å². The summed E-state index contributed by atoms with van der Waals surface area (Å²) in [5.41, 5.74) is 0. The number of nitrogens with one attached hydrogen (secondary N) is 1. The van der Waals surface area contributed by atoms with Crippen LogP contribution in [-0.2, 0) is 0 Å². The Morgan fingerprint density at radius 2 is 1.79 bits per heavy atom. The summed E-state index contributed by atoms with van der Waals surface area (Å²) >= 11 is 0. The third-order valence-corrected chi connectivity index (χ3v) is 5.45. The van der Waals surface area contributed by atoms with Gasteiger partial charge < -0.3 is 5.32 Å². The topological polar surface area (TPSA) is 15.3 Å². The second kappa shape index (κ2) is 7.08. The van der Waals surface area contributed by atoms with E-state index in [4.69, 9.17) is 0 Å². The summed E-state index contributed by atoms with van der Waals surface area (Å²) in [5, 5.41) is 3.84. The van der Waals surface area contributed by atoms with Crippen molar-refractivity contribution in [2.75, 3.05) is 13.6 Å². The number of hydrogen-bond acceptors (Lipinski definition) is 2. The first-order valence-electron chi connectivity index (χ1n) is 8.58. The van der Waals surface area contributed by atoms with Crippen LogP contribution in [-0.4, -0.2) is 36.6 Å². The molecular formula is C17H34N2. The first-order valence-corrected chi connectivity index (χ1v) is 8.58. The highest BCUT2D eigenvalue weighted by Crippen LogP contribution is 2.35. The Balaban J connectivity index is 2.02. The fourth-order valence-electron chi connectivity index (χ4n) is 4.61. The Morgan fingerprint density at radius 3 is 2.42 bits per heavy atom. The molecule has 4 unspecified atom stereocenters. The number of nitrogens with zero attached hydrogens (tertiary/aromatic N) is 1. The predicted octanol–water partition coefficient (Wildman–Crippen LogP) is 3.66. The molecule has 0 aromatic carbocycles. The quantitative estimate of drug-likeness (QED) is 0.817. The molecule has 4 atom stereocenters. The normalized spacial score (nSPS) is 37.1. The van der Waals surface area contributed by atoms with E-state index < -0.39 is 0 Å². The van der Waals surface area contributed by atoms with Gasteiger partial charge in [-0.05, 0) is 57.5 Å². The van der Waals surface area contributed by atoms with Crippen LogP contribution in [0.4, 0.5) is 0 Å². The molecule has 0 heterocycles. The zero-order chi connectivity index (χ0) is 13.8. The largest absolute Gasteiger partial charge is 0.312 e. The van der Waals surface area contributed by atoms with Crippen LogP contribution in [0.2, 0.25) is 0 Å². The maximum absolute atomic E-state index is 3.84. The van der Waals surface area contributed by atoms with Gasteiger partial charge in [-0.3, -0.25) is 4.90 Å². The molecule has 0 spiro atoms. The molecule has 2 nitrogen and oxygen atoms in total. The molecule has 0 bridgehead atoms. The first kappa shape index (κ1) is 15.3. The summed E-state index contributed by atoms with van der Waals surface area (Å²) in [4.78, 5) is 2.75. The first-order chi connectivity index (χ1) is 9.13. The highest BCUT2D eigenvalue weighted by atomic mass is 15.2. The van der Waals surface area contributed by atoms with Gasteiger partial charge in [-0.2, -0.15) is 0 Å². The summed E-state index contributed by atoms with van der Waals surface area (Å²) in [6.07, 6.45) is 9.77. The molecule has 2 saturated carbocycles. The third-order valence-electron chi connectivity index (χ3n) is 5.45. The van der Waals surface area contributed by atoms with Gasteiger partial charge in [0.2, 0.25) is 0 Å². The van der Waals surface area contributed by atoms with Crippen molar-refractivity contribution in [2.45, 2.75) is 83.8 Å². The monoisotopic (exact) mass is 266 g/mol. The van der Waals surface area contributed by atoms with Crippen molar-refractivity contribution in [3.8, 4) is 0 Å². The lowest BCUT2D eigenvalue weighted by Crippen LogP contribution is -2.57. The zero-order valence-corrected chi connectivity index (χ0v) is 13.5. The molecule has 0 aromatic rings. The Labute approximate surface area is 120 Å². The predicted molar refractivity (Wildman–Crippen MR) is 83.5 cm³/mol. The van der Waals surface area contributed by atoms with Gasteiger partial charge in [0, 0.05) is 18.1 Å². The lowest BCUT2D eigenvalue weighted by Gasteiger charge is -2.47. The lowest BCUT2D eigenvalue weighted by molar-refractivity contribution is 0.0521. The van der Waals surface area contributed by atoms with Crippen molar-refractivity contribution in [3.05, 3.63) is 0 Å². The minimum atomic E-state index is 0.712. The average molecular weight is 266 g/mol. The molecule has 2 aliphatic rings. The van der Waals surface area contributed by atoms with Gasteiger partial charge in [-0.25, -0.2) is 0 Å². The fourth-order valence-corrected chi connectivity index (χ4v) is 4.61. The van der Waals surface area contributed by atoms with Crippen LogP contribution in [0.3, 0.4) is 0 Å². The molecule has 19 heavy (non-hydrogen) atoms. The van der Waals surface area contributed by atoms with Crippen LogP contribution in [0.15, 0.2) is 0 Å². The number of likely N-dealkylation sites (N-methyl/N-ethyl adjacent to an activating group) is 1. The summed E-state index contributed by atoms with van der Waals surface area (Å²) in [5.74, 6) is 1.72. The Morgan fingerprint density at radius 1 is 1.11 bits per heavy atom. The van der Waals surface area contributed by atoms with Crippen molar-refractivity contribution >= 4 is 0 Å². The number of rotatable bonds is 5. The third kappa shape index (κ3) is 3.72. The summed E-state index contributed by atoms with van der Waals surface area (Å²) < 4.78 is 0. The highest BCUT2D eigenvalue weighted by Gasteiger charge is 2.38. The van der Waals surface area contributed by atoms with E-state index in [9.17, 15) is 0 Å². The molecule has 0 radical (unpaired) electrons. The van der Waals surface area contributed by atoms with E-state index in [1.165, 1.54) is 51.5 Å². The molecule has 0 saturated heterocycles. The van der Waals surface area contributed by atoms with Gasteiger partial charge in [0.25, 0.3) is 0 Å². The van der Waals surface area contributed by atoms with E-state index >= 15 is 0 Å². The lowest BCUT2D eigenvalue weighted by atomic mass is 9.75. The maximum atomic E-state index is 3.84. The molecular weight excluding hydrogens is 232 g/mol. The Hall–Kier alpha value is -0.0800. The van der Waals surface area contributed by atoms with Crippen LogP contribution in [0, 0.1) is 11.8 Å². The molecule has 2 rings (SSSR count). The van der Waals surface area contributed by atoms with Crippen molar-refractivity contribution in [1.82, 2.24) is 10.2 Å². The van der Waals surface area contributed by atoms with E-state index in [1.54, 1.807) is 0 Å². The van der Waals surface area contributed by atoms with E-state index in [-0.39, 0.29) is 0 Å².